The molecule has 0 radical (unpaired) electrons. The van der Waals surface area contributed by atoms with Crippen molar-refractivity contribution < 1.29 is 8.42 Å². The minimum Gasteiger partial charge on any atom is -0.396 e. The van der Waals surface area contributed by atoms with E-state index in [4.69, 9.17) is 5.73 Å². The Balaban J connectivity index is 1.99. The molecule has 0 unspecified atom stereocenters. The Bertz CT molecular complexity index is 907. The zero-order valence-corrected chi connectivity index (χ0v) is 11.9. The molecule has 2 aromatic heterocycles. The van der Waals surface area contributed by atoms with Crippen molar-refractivity contribution in [2.24, 2.45) is 0 Å². The highest BCUT2D eigenvalue weighted by Gasteiger charge is 2.18. The molecule has 0 amide bonds. The average Bonchev–Trinajstić information content (AvgIpc) is 2.47. The number of nitrogens with two attached hydrogens (primary N) is 1. The SMILES string of the molecule is Nc1cnccc1S(=O)(=O)Cc1ccc2ncccc2c1. The van der Waals surface area contributed by atoms with Gasteiger partial charge in [-0.15, -0.1) is 0 Å². The summed E-state index contributed by atoms with van der Waals surface area (Å²) < 4.78 is 24.9. The summed E-state index contributed by atoms with van der Waals surface area (Å²) in [5, 5.41) is 0.910. The van der Waals surface area contributed by atoms with E-state index in [1.165, 1.54) is 18.5 Å². The standard InChI is InChI=1S/C15H13N3O2S/c16-13-9-17-7-5-15(13)21(19,20)10-11-3-4-14-12(8-11)2-1-6-18-14/h1-9H,10,16H2. The van der Waals surface area contributed by atoms with E-state index < -0.39 is 9.84 Å². The fourth-order valence-corrected chi connectivity index (χ4v) is 3.64. The second-order valence-corrected chi connectivity index (χ2v) is 6.66. The van der Waals surface area contributed by atoms with Gasteiger partial charge in [-0.1, -0.05) is 12.1 Å². The Morgan fingerprint density at radius 1 is 1.10 bits per heavy atom. The molecule has 0 saturated carbocycles. The third-order valence-corrected chi connectivity index (χ3v) is 4.92. The normalized spacial score (nSPS) is 11.6. The predicted molar refractivity (Wildman–Crippen MR) is 81.3 cm³/mol. The van der Waals surface area contributed by atoms with Crippen molar-refractivity contribution >= 4 is 26.4 Å². The van der Waals surface area contributed by atoms with Crippen LogP contribution in [-0.2, 0) is 15.6 Å². The molecule has 6 heteroatoms. The van der Waals surface area contributed by atoms with Crippen LogP contribution in [0.2, 0.25) is 0 Å². The second-order valence-electron chi connectivity index (χ2n) is 4.70. The molecule has 3 aromatic rings. The van der Waals surface area contributed by atoms with Crippen LogP contribution in [0.5, 0.6) is 0 Å². The number of pyridine rings is 2. The minimum atomic E-state index is -3.50. The summed E-state index contributed by atoms with van der Waals surface area (Å²) in [6, 6.07) is 10.6. The molecule has 0 aliphatic rings. The molecule has 0 saturated heterocycles. The summed E-state index contributed by atoms with van der Waals surface area (Å²) in [5.41, 5.74) is 7.40. The van der Waals surface area contributed by atoms with Crippen molar-refractivity contribution in [2.45, 2.75) is 10.6 Å². The lowest BCUT2D eigenvalue weighted by Crippen LogP contribution is -2.08. The van der Waals surface area contributed by atoms with E-state index in [1.807, 2.05) is 24.3 Å². The number of hydrogen-bond acceptors (Lipinski definition) is 5. The van der Waals surface area contributed by atoms with Crippen LogP contribution in [0.3, 0.4) is 0 Å². The summed E-state index contributed by atoms with van der Waals surface area (Å²) in [6.07, 6.45) is 4.47. The van der Waals surface area contributed by atoms with Gasteiger partial charge < -0.3 is 5.73 Å². The van der Waals surface area contributed by atoms with Crippen LogP contribution in [-0.4, -0.2) is 18.4 Å². The van der Waals surface area contributed by atoms with Gasteiger partial charge in [-0.3, -0.25) is 9.97 Å². The monoisotopic (exact) mass is 299 g/mol. The molecule has 2 heterocycles. The van der Waals surface area contributed by atoms with Gasteiger partial charge in [0, 0.05) is 17.8 Å². The van der Waals surface area contributed by atoms with Crippen LogP contribution in [0.15, 0.2) is 59.9 Å². The molecule has 5 nitrogen and oxygen atoms in total. The topological polar surface area (TPSA) is 85.9 Å². The largest absolute Gasteiger partial charge is 0.396 e. The first kappa shape index (κ1) is 13.5. The third-order valence-electron chi connectivity index (χ3n) is 3.17. The second kappa shape index (κ2) is 5.14. The Labute approximate surface area is 122 Å². The first-order valence-electron chi connectivity index (χ1n) is 6.32. The zero-order chi connectivity index (χ0) is 14.9. The van der Waals surface area contributed by atoms with Gasteiger partial charge in [0.05, 0.1) is 28.0 Å². The van der Waals surface area contributed by atoms with Gasteiger partial charge in [-0.2, -0.15) is 0 Å². The number of anilines is 1. The lowest BCUT2D eigenvalue weighted by Gasteiger charge is -2.07. The molecule has 21 heavy (non-hydrogen) atoms. The van der Waals surface area contributed by atoms with E-state index in [-0.39, 0.29) is 16.3 Å². The number of sulfone groups is 1. The Morgan fingerprint density at radius 2 is 1.95 bits per heavy atom. The molecule has 0 spiro atoms. The number of hydrogen-bond donors (Lipinski definition) is 1. The van der Waals surface area contributed by atoms with Crippen LogP contribution >= 0.6 is 0 Å². The third kappa shape index (κ3) is 2.71. The molecule has 3 rings (SSSR count). The molecule has 0 atom stereocenters. The van der Waals surface area contributed by atoms with Crippen LogP contribution in [0, 0.1) is 0 Å². The molecule has 1 aromatic carbocycles. The van der Waals surface area contributed by atoms with Gasteiger partial charge in [0.2, 0.25) is 0 Å². The van der Waals surface area contributed by atoms with Crippen LogP contribution in [0.4, 0.5) is 5.69 Å². The molecule has 0 fully saturated rings. The van der Waals surface area contributed by atoms with Crippen LogP contribution < -0.4 is 5.73 Å². The maximum Gasteiger partial charge on any atom is 0.184 e. The number of rotatable bonds is 3. The van der Waals surface area contributed by atoms with Gasteiger partial charge in [0.15, 0.2) is 9.84 Å². The average molecular weight is 299 g/mol. The van der Waals surface area contributed by atoms with Gasteiger partial charge in [-0.25, -0.2) is 8.42 Å². The van der Waals surface area contributed by atoms with Gasteiger partial charge >= 0.3 is 0 Å². The lowest BCUT2D eigenvalue weighted by molar-refractivity contribution is 0.595. The highest BCUT2D eigenvalue weighted by Crippen LogP contribution is 2.22. The number of aromatic nitrogens is 2. The molecule has 0 aliphatic heterocycles. The first-order chi connectivity index (χ1) is 10.1. The van der Waals surface area contributed by atoms with Crippen molar-refractivity contribution in [3.05, 3.63) is 60.6 Å². The Morgan fingerprint density at radius 3 is 2.76 bits per heavy atom. The van der Waals surface area contributed by atoms with E-state index in [1.54, 1.807) is 12.3 Å². The van der Waals surface area contributed by atoms with Crippen molar-refractivity contribution in [1.29, 1.82) is 0 Å². The van der Waals surface area contributed by atoms with Gasteiger partial charge in [0.25, 0.3) is 0 Å². The quantitative estimate of drug-likeness (QED) is 0.801. The fourth-order valence-electron chi connectivity index (χ4n) is 2.19. The van der Waals surface area contributed by atoms with Crippen molar-refractivity contribution in [1.82, 2.24) is 9.97 Å². The van der Waals surface area contributed by atoms with Crippen molar-refractivity contribution in [3.8, 4) is 0 Å². The van der Waals surface area contributed by atoms with Crippen LogP contribution in [0.25, 0.3) is 10.9 Å². The van der Waals surface area contributed by atoms with Crippen molar-refractivity contribution in [2.75, 3.05) is 5.73 Å². The van der Waals surface area contributed by atoms with Crippen LogP contribution in [0.1, 0.15) is 5.56 Å². The highest BCUT2D eigenvalue weighted by molar-refractivity contribution is 7.90. The predicted octanol–water partition coefficient (Wildman–Crippen LogP) is 2.19. The molecular formula is C15H13N3O2S. The molecule has 0 bridgehead atoms. The van der Waals surface area contributed by atoms with E-state index in [9.17, 15) is 8.42 Å². The van der Waals surface area contributed by atoms with Gasteiger partial charge in [-0.05, 0) is 29.8 Å². The summed E-state index contributed by atoms with van der Waals surface area (Å²) in [4.78, 5) is 8.14. The summed E-state index contributed by atoms with van der Waals surface area (Å²) >= 11 is 0. The fraction of sp³-hybridized carbons (Fsp3) is 0.0667. The molecule has 106 valence electrons. The maximum atomic E-state index is 12.4. The van der Waals surface area contributed by atoms with E-state index in [0.29, 0.717) is 5.56 Å². The summed E-state index contributed by atoms with van der Waals surface area (Å²) in [5.74, 6) is -0.105. The summed E-state index contributed by atoms with van der Waals surface area (Å²) in [7, 11) is -3.50. The number of fused-ring (bicyclic) bond motifs is 1. The lowest BCUT2D eigenvalue weighted by atomic mass is 10.1. The Hall–Kier alpha value is -2.47. The van der Waals surface area contributed by atoms with Gasteiger partial charge in [0.1, 0.15) is 0 Å². The Kier molecular flexibility index (Phi) is 3.31. The molecule has 2 N–H and O–H groups in total. The minimum absolute atomic E-state index is 0.105. The molecular weight excluding hydrogens is 286 g/mol. The van der Waals surface area contributed by atoms with E-state index in [0.717, 1.165) is 10.9 Å². The number of benzene rings is 1. The molecule has 0 aliphatic carbocycles. The summed E-state index contributed by atoms with van der Waals surface area (Å²) in [6.45, 7) is 0. The van der Waals surface area contributed by atoms with E-state index >= 15 is 0 Å². The maximum absolute atomic E-state index is 12.4. The highest BCUT2D eigenvalue weighted by atomic mass is 32.2. The van der Waals surface area contributed by atoms with E-state index in [2.05, 4.69) is 9.97 Å². The first-order valence-corrected chi connectivity index (χ1v) is 7.97. The smallest absolute Gasteiger partial charge is 0.184 e. The zero-order valence-electron chi connectivity index (χ0n) is 11.1. The number of nitrogen functional groups attached to an aromatic ring is 1. The number of nitrogens with zero attached hydrogens (tertiary/aromatic N) is 2. The van der Waals surface area contributed by atoms with Crippen molar-refractivity contribution in [3.63, 3.8) is 0 Å².